The van der Waals surface area contributed by atoms with Crippen LogP contribution in [0.15, 0.2) is 11.0 Å². The summed E-state index contributed by atoms with van der Waals surface area (Å²) in [5.41, 5.74) is -2.05. The van der Waals surface area contributed by atoms with Crippen molar-refractivity contribution in [2.75, 3.05) is 19.7 Å². The Kier molecular flexibility index (Phi) is 4.60. The van der Waals surface area contributed by atoms with Gasteiger partial charge in [0.25, 0.3) is 0 Å². The van der Waals surface area contributed by atoms with Crippen LogP contribution in [0.3, 0.4) is 0 Å². The number of aliphatic hydroxyl groups excluding tert-OH is 1. The van der Waals surface area contributed by atoms with Gasteiger partial charge in [0.15, 0.2) is 0 Å². The third-order valence-electron chi connectivity index (χ3n) is 5.27. The minimum absolute atomic E-state index is 0.282. The van der Waals surface area contributed by atoms with Crippen LogP contribution in [0.5, 0.6) is 0 Å². The molecule has 8 heteroatoms. The number of sulfonamides is 1. The fourth-order valence-corrected chi connectivity index (χ4v) is 6.73. The number of aryl methyl sites for hydroxylation is 2. The summed E-state index contributed by atoms with van der Waals surface area (Å²) in [6, 6.07) is 1.72. The van der Waals surface area contributed by atoms with E-state index in [1.165, 1.54) is 15.6 Å². The number of hydrogen-bond acceptors (Lipinski definition) is 6. The summed E-state index contributed by atoms with van der Waals surface area (Å²) in [6.45, 7) is 6.27. The van der Waals surface area contributed by atoms with Crippen molar-refractivity contribution in [1.82, 2.24) is 4.31 Å². The first-order valence-corrected chi connectivity index (χ1v) is 10.5. The Hall–Kier alpha value is -0.510. The number of piperidine rings is 1. The van der Waals surface area contributed by atoms with Gasteiger partial charge in [0.05, 0.1) is 22.7 Å². The maximum absolute atomic E-state index is 12.9. The van der Waals surface area contributed by atoms with Gasteiger partial charge in [0, 0.05) is 29.3 Å². The van der Waals surface area contributed by atoms with Crippen LogP contribution in [0.2, 0.25) is 0 Å². The zero-order chi connectivity index (χ0) is 17.8. The van der Waals surface area contributed by atoms with Gasteiger partial charge in [-0.2, -0.15) is 4.31 Å². The van der Waals surface area contributed by atoms with Crippen LogP contribution in [-0.4, -0.2) is 59.9 Å². The molecule has 0 aromatic carbocycles. The number of nitrogens with zero attached hydrogens (tertiary/aromatic N) is 1. The van der Waals surface area contributed by atoms with Crippen LogP contribution < -0.4 is 0 Å². The van der Waals surface area contributed by atoms with E-state index in [2.05, 4.69) is 0 Å². The first kappa shape index (κ1) is 18.3. The lowest BCUT2D eigenvalue weighted by Gasteiger charge is -2.51. The number of rotatable bonds is 2. The second-order valence-electron chi connectivity index (χ2n) is 7.10. The average Bonchev–Trinajstić information content (AvgIpc) is 2.85. The van der Waals surface area contributed by atoms with Gasteiger partial charge < -0.3 is 14.9 Å². The van der Waals surface area contributed by atoms with Gasteiger partial charge in [-0.25, -0.2) is 8.42 Å². The topological polar surface area (TPSA) is 87.1 Å². The van der Waals surface area contributed by atoms with E-state index in [0.717, 1.165) is 9.75 Å². The van der Waals surface area contributed by atoms with Crippen LogP contribution in [0.25, 0.3) is 0 Å². The highest BCUT2D eigenvalue weighted by molar-refractivity contribution is 7.89. The van der Waals surface area contributed by atoms with Crippen LogP contribution in [0.4, 0.5) is 0 Å². The molecular formula is C16H25NO5S2. The molecule has 3 heterocycles. The van der Waals surface area contributed by atoms with Crippen molar-refractivity contribution in [3.8, 4) is 0 Å². The van der Waals surface area contributed by atoms with Crippen molar-refractivity contribution in [2.24, 2.45) is 0 Å². The molecule has 1 spiro atoms. The summed E-state index contributed by atoms with van der Waals surface area (Å²) in [5, 5.41) is 20.9. The van der Waals surface area contributed by atoms with Crippen molar-refractivity contribution < 1.29 is 23.4 Å². The van der Waals surface area contributed by atoms with Gasteiger partial charge in [-0.1, -0.05) is 0 Å². The van der Waals surface area contributed by atoms with Gasteiger partial charge >= 0.3 is 0 Å². The fourth-order valence-electron chi connectivity index (χ4n) is 3.77. The van der Waals surface area contributed by atoms with Crippen LogP contribution in [-0.2, 0) is 14.8 Å². The molecule has 0 unspecified atom stereocenters. The van der Waals surface area contributed by atoms with Crippen molar-refractivity contribution in [3.63, 3.8) is 0 Å². The predicted octanol–water partition coefficient (Wildman–Crippen LogP) is 1.42. The van der Waals surface area contributed by atoms with E-state index in [9.17, 15) is 18.6 Å². The molecule has 2 N–H and O–H groups in total. The fraction of sp³-hybridized carbons (Fsp3) is 0.750. The van der Waals surface area contributed by atoms with Crippen LogP contribution >= 0.6 is 11.3 Å². The summed E-state index contributed by atoms with van der Waals surface area (Å²) in [6.07, 6.45) is 0.136. The predicted molar refractivity (Wildman–Crippen MR) is 91.7 cm³/mol. The molecule has 0 bridgehead atoms. The molecule has 0 aliphatic carbocycles. The summed E-state index contributed by atoms with van der Waals surface area (Å²) in [4.78, 5) is 2.14. The molecule has 2 aliphatic heterocycles. The first-order valence-electron chi connectivity index (χ1n) is 8.20. The summed E-state index contributed by atoms with van der Waals surface area (Å²) in [5.74, 6) is 0. The molecule has 0 amide bonds. The zero-order valence-corrected chi connectivity index (χ0v) is 15.9. The van der Waals surface area contributed by atoms with Gasteiger partial charge in [0.2, 0.25) is 10.0 Å². The van der Waals surface area contributed by atoms with Crippen molar-refractivity contribution in [3.05, 3.63) is 15.8 Å². The zero-order valence-electron chi connectivity index (χ0n) is 14.3. The molecule has 1 aromatic heterocycles. The van der Waals surface area contributed by atoms with E-state index in [4.69, 9.17) is 4.74 Å². The number of ether oxygens (including phenoxy) is 1. The monoisotopic (exact) mass is 375 g/mol. The van der Waals surface area contributed by atoms with Crippen LogP contribution in [0.1, 0.15) is 35.9 Å². The molecule has 2 atom stereocenters. The summed E-state index contributed by atoms with van der Waals surface area (Å²) in [7, 11) is -3.53. The van der Waals surface area contributed by atoms with Crippen molar-refractivity contribution in [2.45, 2.75) is 62.2 Å². The van der Waals surface area contributed by atoms with E-state index in [1.54, 1.807) is 13.0 Å². The Morgan fingerprint density at radius 2 is 1.92 bits per heavy atom. The minimum atomic E-state index is -3.53. The van der Waals surface area contributed by atoms with E-state index in [1.807, 2.05) is 13.8 Å². The molecule has 2 aliphatic rings. The molecule has 24 heavy (non-hydrogen) atoms. The molecule has 6 nitrogen and oxygen atoms in total. The van der Waals surface area contributed by atoms with E-state index < -0.39 is 27.3 Å². The van der Waals surface area contributed by atoms with Gasteiger partial charge in [-0.15, -0.1) is 11.3 Å². The molecule has 3 rings (SSSR count). The second kappa shape index (κ2) is 6.03. The van der Waals surface area contributed by atoms with Crippen molar-refractivity contribution in [1.29, 1.82) is 0 Å². The molecule has 2 fully saturated rings. The highest BCUT2D eigenvalue weighted by Crippen LogP contribution is 2.41. The normalized spacial score (nSPS) is 31.5. The average molecular weight is 376 g/mol. The van der Waals surface area contributed by atoms with Gasteiger partial charge in [-0.05, 0) is 39.7 Å². The Balaban J connectivity index is 1.79. The van der Waals surface area contributed by atoms with E-state index in [-0.39, 0.29) is 13.1 Å². The maximum Gasteiger partial charge on any atom is 0.244 e. The smallest absolute Gasteiger partial charge is 0.244 e. The molecule has 0 radical (unpaired) electrons. The highest BCUT2D eigenvalue weighted by Gasteiger charge is 2.53. The number of hydrogen-bond donors (Lipinski definition) is 2. The Bertz CT molecular complexity index is 717. The largest absolute Gasteiger partial charge is 0.387 e. The standard InChI is InChI=1S/C16H25NO5S2/c1-11-10-13(12(2)23-11)24(20,21)17-7-4-16(5-8-17)14(18)15(3,19)6-9-22-16/h10,14,18-19H,4-9H2,1-3H3/t14-,15+/m0/s1. The quantitative estimate of drug-likeness (QED) is 0.816. The van der Waals surface area contributed by atoms with E-state index in [0.29, 0.717) is 30.8 Å². The minimum Gasteiger partial charge on any atom is -0.387 e. The molecule has 136 valence electrons. The first-order chi connectivity index (χ1) is 11.1. The third kappa shape index (κ3) is 2.93. The number of aliphatic hydroxyl groups is 2. The lowest BCUT2D eigenvalue weighted by atomic mass is 9.75. The molecule has 2 saturated heterocycles. The lowest BCUT2D eigenvalue weighted by molar-refractivity contribution is -0.243. The number of thiophene rings is 1. The van der Waals surface area contributed by atoms with Crippen molar-refractivity contribution >= 4 is 21.4 Å². The molecule has 0 saturated carbocycles. The van der Waals surface area contributed by atoms with Gasteiger partial charge in [-0.3, -0.25) is 0 Å². The third-order valence-corrected chi connectivity index (χ3v) is 8.39. The van der Waals surface area contributed by atoms with E-state index >= 15 is 0 Å². The highest BCUT2D eigenvalue weighted by atomic mass is 32.2. The Morgan fingerprint density at radius 1 is 1.29 bits per heavy atom. The second-order valence-corrected chi connectivity index (χ2v) is 10.5. The maximum atomic E-state index is 12.9. The Morgan fingerprint density at radius 3 is 2.46 bits per heavy atom. The summed E-state index contributed by atoms with van der Waals surface area (Å²) >= 11 is 1.48. The SMILES string of the molecule is Cc1cc(S(=O)(=O)N2CCC3(CC2)OCC[C@@](C)(O)[C@@H]3O)c(C)s1. The lowest BCUT2D eigenvalue weighted by Crippen LogP contribution is -2.64. The molecule has 1 aromatic rings. The van der Waals surface area contributed by atoms with Gasteiger partial charge in [0.1, 0.15) is 6.10 Å². The Labute approximate surface area is 147 Å². The molecular weight excluding hydrogens is 350 g/mol. The van der Waals surface area contributed by atoms with Crippen LogP contribution in [0, 0.1) is 13.8 Å². The summed E-state index contributed by atoms with van der Waals surface area (Å²) < 4.78 is 33.0.